The summed E-state index contributed by atoms with van der Waals surface area (Å²) in [6.07, 6.45) is 7.42. The Morgan fingerprint density at radius 3 is 2.59 bits per heavy atom. The van der Waals surface area contributed by atoms with E-state index in [1.807, 2.05) is 39.5 Å². The first kappa shape index (κ1) is 17.2. The lowest BCUT2D eigenvalue weighted by molar-refractivity contribution is 0.207. The maximum Gasteiger partial charge on any atom is 0.141 e. The molecule has 7 nitrogen and oxygen atoms in total. The number of rotatable bonds is 6. The average Bonchev–Trinajstić information content (AvgIpc) is 3.65. The number of benzene rings is 1. The number of hydrogen-bond donors (Lipinski definition) is 1. The third-order valence-corrected chi connectivity index (χ3v) is 7.08. The normalized spacial score (nSPS) is 17.7. The quantitative estimate of drug-likeness (QED) is 0.526. The van der Waals surface area contributed by atoms with Gasteiger partial charge in [-0.25, -0.2) is 9.67 Å². The summed E-state index contributed by atoms with van der Waals surface area (Å²) in [7, 11) is 1.66. The van der Waals surface area contributed by atoms with Crippen molar-refractivity contribution in [3.8, 4) is 11.4 Å². The van der Waals surface area contributed by atoms with Crippen LogP contribution in [0, 0.1) is 0 Å². The first-order valence-corrected chi connectivity index (χ1v) is 10.8. The fraction of sp³-hybridized carbons (Fsp3) is 0.381. The number of nitrogens with zero attached hydrogens (tertiary/aromatic N) is 5. The van der Waals surface area contributed by atoms with E-state index in [9.17, 15) is 5.11 Å². The van der Waals surface area contributed by atoms with Gasteiger partial charge >= 0.3 is 0 Å². The van der Waals surface area contributed by atoms with Crippen molar-refractivity contribution in [1.29, 1.82) is 0 Å². The predicted molar refractivity (Wildman–Crippen MR) is 109 cm³/mol. The Balaban J connectivity index is 1.47. The van der Waals surface area contributed by atoms with Gasteiger partial charge in [-0.05, 0) is 55.9 Å². The molecule has 29 heavy (non-hydrogen) atoms. The van der Waals surface area contributed by atoms with Crippen LogP contribution in [0.5, 0.6) is 5.75 Å². The van der Waals surface area contributed by atoms with Crippen LogP contribution in [0.1, 0.15) is 65.6 Å². The van der Waals surface area contributed by atoms with Crippen LogP contribution in [0.25, 0.3) is 10.5 Å². The fourth-order valence-electron chi connectivity index (χ4n) is 4.01. The van der Waals surface area contributed by atoms with Gasteiger partial charge in [0.25, 0.3) is 0 Å². The second-order valence-electron chi connectivity index (χ2n) is 7.87. The molecule has 0 spiro atoms. The van der Waals surface area contributed by atoms with E-state index in [4.69, 9.17) is 4.74 Å². The minimum atomic E-state index is -0.809. The number of methoxy groups -OCH3 is 1. The lowest BCUT2D eigenvalue weighted by Gasteiger charge is -2.13. The van der Waals surface area contributed by atoms with Gasteiger partial charge in [0.05, 0.1) is 30.4 Å². The summed E-state index contributed by atoms with van der Waals surface area (Å²) in [5.41, 5.74) is 3.52. The van der Waals surface area contributed by atoms with Gasteiger partial charge < -0.3 is 9.84 Å². The lowest BCUT2D eigenvalue weighted by Crippen LogP contribution is -2.10. The van der Waals surface area contributed by atoms with E-state index >= 15 is 0 Å². The summed E-state index contributed by atoms with van der Waals surface area (Å²) >= 11 is 1.73. The summed E-state index contributed by atoms with van der Waals surface area (Å²) in [4.78, 5) is 6.59. The molecule has 4 aromatic rings. The molecule has 0 radical (unpaired) electrons. The smallest absolute Gasteiger partial charge is 0.141 e. The minimum absolute atomic E-state index is 0.387. The fourth-order valence-corrected chi connectivity index (χ4v) is 5.31. The third-order valence-electron chi connectivity index (χ3n) is 5.81. The number of thiazole rings is 1. The molecule has 1 N–H and O–H groups in total. The molecule has 3 aromatic heterocycles. The van der Waals surface area contributed by atoms with Gasteiger partial charge in [-0.15, -0.1) is 16.4 Å². The van der Waals surface area contributed by atoms with E-state index in [2.05, 4.69) is 15.3 Å². The van der Waals surface area contributed by atoms with E-state index in [0.29, 0.717) is 17.5 Å². The second kappa shape index (κ2) is 6.40. The zero-order valence-electron chi connectivity index (χ0n) is 16.0. The van der Waals surface area contributed by atoms with Crippen molar-refractivity contribution in [2.45, 2.75) is 43.6 Å². The number of aromatic nitrogens is 5. The summed E-state index contributed by atoms with van der Waals surface area (Å²) in [6, 6.07) is 7.79. The maximum atomic E-state index is 11.5. The maximum absolute atomic E-state index is 11.5. The van der Waals surface area contributed by atoms with Crippen molar-refractivity contribution in [2.24, 2.45) is 0 Å². The molecule has 1 atom stereocenters. The average molecular weight is 407 g/mol. The molecular weight excluding hydrogens is 386 g/mol. The summed E-state index contributed by atoms with van der Waals surface area (Å²) in [6.45, 7) is 0. The molecular formula is C21H21N5O2S. The third kappa shape index (κ3) is 2.78. The van der Waals surface area contributed by atoms with Gasteiger partial charge in [0.15, 0.2) is 0 Å². The van der Waals surface area contributed by atoms with Crippen LogP contribution in [0.2, 0.25) is 0 Å². The molecule has 0 aliphatic heterocycles. The number of hydrogen-bond acceptors (Lipinski definition) is 6. The lowest BCUT2D eigenvalue weighted by atomic mass is 10.1. The first-order valence-electron chi connectivity index (χ1n) is 9.97. The van der Waals surface area contributed by atoms with Gasteiger partial charge in [-0.3, -0.25) is 4.40 Å². The monoisotopic (exact) mass is 407 g/mol. The highest BCUT2D eigenvalue weighted by atomic mass is 32.1. The number of ether oxygens (including phenoxy) is 1. The topological polar surface area (TPSA) is 77.5 Å². The summed E-state index contributed by atoms with van der Waals surface area (Å²) in [5, 5.41) is 20.4. The summed E-state index contributed by atoms with van der Waals surface area (Å²) < 4.78 is 9.17. The molecule has 2 fully saturated rings. The van der Waals surface area contributed by atoms with Crippen LogP contribution >= 0.6 is 11.3 Å². The minimum Gasteiger partial charge on any atom is -0.497 e. The van der Waals surface area contributed by atoms with Gasteiger partial charge in [0.2, 0.25) is 0 Å². The Bertz CT molecular complexity index is 1180. The van der Waals surface area contributed by atoms with Crippen LogP contribution in [-0.4, -0.2) is 36.6 Å². The van der Waals surface area contributed by atoms with Crippen LogP contribution in [-0.2, 0) is 0 Å². The van der Waals surface area contributed by atoms with Gasteiger partial charge in [-0.2, -0.15) is 0 Å². The van der Waals surface area contributed by atoms with E-state index in [0.717, 1.165) is 40.5 Å². The molecule has 0 saturated heterocycles. The molecule has 8 heteroatoms. The molecule has 1 aromatic carbocycles. The van der Waals surface area contributed by atoms with Crippen LogP contribution < -0.4 is 4.74 Å². The molecule has 1 unspecified atom stereocenters. The molecule has 148 valence electrons. The molecule has 3 heterocycles. The Morgan fingerprint density at radius 2 is 1.90 bits per heavy atom. The van der Waals surface area contributed by atoms with Crippen LogP contribution in [0.4, 0.5) is 0 Å². The van der Waals surface area contributed by atoms with Crippen LogP contribution in [0.15, 0.2) is 36.8 Å². The molecule has 2 aliphatic carbocycles. The molecule has 6 rings (SSSR count). The number of fused-ring (bicyclic) bond motifs is 1. The van der Waals surface area contributed by atoms with Gasteiger partial charge in [0, 0.05) is 10.8 Å². The highest BCUT2D eigenvalue weighted by Gasteiger charge is 2.38. The Labute approximate surface area is 171 Å². The van der Waals surface area contributed by atoms with Gasteiger partial charge in [0.1, 0.15) is 28.7 Å². The van der Waals surface area contributed by atoms with Gasteiger partial charge in [-0.1, -0.05) is 5.21 Å². The Morgan fingerprint density at radius 1 is 1.14 bits per heavy atom. The van der Waals surface area contributed by atoms with E-state index in [-0.39, 0.29) is 0 Å². The number of imidazole rings is 1. The number of aliphatic hydroxyl groups is 1. The predicted octanol–water partition coefficient (Wildman–Crippen LogP) is 3.82. The number of aliphatic hydroxyl groups excluding tert-OH is 1. The largest absolute Gasteiger partial charge is 0.497 e. The molecule has 0 amide bonds. The van der Waals surface area contributed by atoms with Crippen molar-refractivity contribution < 1.29 is 9.84 Å². The Hall–Kier alpha value is -2.71. The first-order chi connectivity index (χ1) is 14.2. The van der Waals surface area contributed by atoms with E-state index < -0.39 is 6.10 Å². The SMILES string of the molecule is COc1ccc(-n2nnc(C(O)c3c(C4CC4)sc4cncn34)c2C2CC2)cc1. The highest BCUT2D eigenvalue weighted by Crippen LogP contribution is 2.49. The molecule has 2 aliphatic rings. The van der Waals surface area contributed by atoms with Crippen molar-refractivity contribution in [2.75, 3.05) is 7.11 Å². The second-order valence-corrected chi connectivity index (χ2v) is 8.94. The van der Waals surface area contributed by atoms with Crippen LogP contribution in [0.3, 0.4) is 0 Å². The summed E-state index contributed by atoms with van der Waals surface area (Å²) in [5.74, 6) is 1.74. The molecule has 0 bridgehead atoms. The van der Waals surface area contributed by atoms with Crippen molar-refractivity contribution in [3.63, 3.8) is 0 Å². The zero-order valence-corrected chi connectivity index (χ0v) is 16.8. The van der Waals surface area contributed by atoms with Crippen molar-refractivity contribution in [1.82, 2.24) is 24.4 Å². The molecule has 2 saturated carbocycles. The van der Waals surface area contributed by atoms with Crippen molar-refractivity contribution >= 4 is 16.2 Å². The van der Waals surface area contributed by atoms with E-state index in [1.165, 1.54) is 17.7 Å². The van der Waals surface area contributed by atoms with E-state index in [1.54, 1.807) is 24.8 Å². The zero-order chi connectivity index (χ0) is 19.5. The standard InChI is InChI=1S/C21H21N5O2S/c1-28-15-8-6-14(7-9-15)26-18(12-2-3-12)17(23-24-26)20(27)19-21(13-4-5-13)29-16-10-22-11-25(16)19/h6-13,20,27H,2-5H2,1H3. The Kier molecular flexibility index (Phi) is 3.79. The highest BCUT2D eigenvalue weighted by molar-refractivity contribution is 7.17. The van der Waals surface area contributed by atoms with Crippen molar-refractivity contribution in [3.05, 3.63) is 58.7 Å².